The van der Waals surface area contributed by atoms with Crippen molar-refractivity contribution in [2.24, 2.45) is 0 Å². The first-order chi connectivity index (χ1) is 18.5. The third-order valence-electron chi connectivity index (χ3n) is 6.17. The second-order valence-electron chi connectivity index (χ2n) is 8.93. The van der Waals surface area contributed by atoms with Gasteiger partial charge in [0.25, 0.3) is 0 Å². The Morgan fingerprint density at radius 1 is 1.00 bits per heavy atom. The minimum atomic E-state index is -4.51. The second kappa shape index (κ2) is 11.5. The summed E-state index contributed by atoms with van der Waals surface area (Å²) in [4.78, 5) is 24.1. The lowest BCUT2D eigenvalue weighted by Gasteiger charge is -2.10. The number of rotatable bonds is 10. The molecule has 0 unspecified atom stereocenters. The second-order valence-corrected chi connectivity index (χ2v) is 8.93. The van der Waals surface area contributed by atoms with Crippen LogP contribution in [0, 0.1) is 12.7 Å². The summed E-state index contributed by atoms with van der Waals surface area (Å²) in [6, 6.07) is 15.6. The Balaban J connectivity index is 1.61. The van der Waals surface area contributed by atoms with Gasteiger partial charge in [-0.2, -0.15) is 17.9 Å². The topological polar surface area (TPSA) is 86.4 Å². The number of carboxylic acids is 1. The molecule has 0 aliphatic rings. The van der Waals surface area contributed by atoms with E-state index in [9.17, 15) is 27.2 Å². The molecule has 0 aliphatic heterocycles. The van der Waals surface area contributed by atoms with E-state index >= 15 is 0 Å². The van der Waals surface area contributed by atoms with Gasteiger partial charge in [0.1, 0.15) is 17.4 Å². The van der Waals surface area contributed by atoms with Gasteiger partial charge in [-0.15, -0.1) is 5.10 Å². The molecule has 3 aromatic carbocycles. The van der Waals surface area contributed by atoms with Gasteiger partial charge in [-0.25, -0.2) is 14.0 Å². The van der Waals surface area contributed by atoms with Crippen LogP contribution >= 0.6 is 0 Å². The SMILES string of the molecule is Cc1cc(CCc2nn(-c3ccc(C(F)(F)F)cc3)c(=O)n2CCc2ccccc2F)ccc1OCC(=O)O. The molecular weight excluding hydrogens is 518 g/mol. The van der Waals surface area contributed by atoms with Crippen LogP contribution in [-0.4, -0.2) is 32.0 Å². The number of hydrogen-bond donors (Lipinski definition) is 1. The highest BCUT2D eigenvalue weighted by Gasteiger charge is 2.30. The summed E-state index contributed by atoms with van der Waals surface area (Å²) in [6.45, 7) is 1.44. The largest absolute Gasteiger partial charge is 0.482 e. The van der Waals surface area contributed by atoms with Crippen LogP contribution in [0.4, 0.5) is 17.6 Å². The lowest BCUT2D eigenvalue weighted by Crippen LogP contribution is -2.25. The lowest BCUT2D eigenvalue weighted by molar-refractivity contribution is -0.139. The lowest BCUT2D eigenvalue weighted by atomic mass is 10.1. The minimum Gasteiger partial charge on any atom is -0.482 e. The van der Waals surface area contributed by atoms with E-state index in [2.05, 4.69) is 5.10 Å². The van der Waals surface area contributed by atoms with Gasteiger partial charge >= 0.3 is 17.8 Å². The number of nitrogens with zero attached hydrogens (tertiary/aromatic N) is 3. The molecule has 1 N–H and O–H groups in total. The zero-order chi connectivity index (χ0) is 28.2. The predicted molar refractivity (Wildman–Crippen MR) is 135 cm³/mol. The summed E-state index contributed by atoms with van der Waals surface area (Å²) in [6.07, 6.45) is -3.52. The molecule has 0 saturated heterocycles. The number of alkyl halides is 3. The van der Waals surface area contributed by atoms with E-state index in [1.807, 2.05) is 6.07 Å². The zero-order valence-electron chi connectivity index (χ0n) is 20.9. The molecule has 0 fully saturated rings. The maximum Gasteiger partial charge on any atom is 0.416 e. The van der Waals surface area contributed by atoms with E-state index < -0.39 is 35.8 Å². The fraction of sp³-hybridized carbons (Fsp3) is 0.250. The van der Waals surface area contributed by atoms with Crippen LogP contribution in [0.3, 0.4) is 0 Å². The Kier molecular flexibility index (Phi) is 8.18. The summed E-state index contributed by atoms with van der Waals surface area (Å²) >= 11 is 0. The van der Waals surface area contributed by atoms with Gasteiger partial charge in [0.05, 0.1) is 11.3 Å². The van der Waals surface area contributed by atoms with Gasteiger partial charge in [0.2, 0.25) is 0 Å². The molecule has 0 spiro atoms. The molecule has 11 heteroatoms. The van der Waals surface area contributed by atoms with Crippen molar-refractivity contribution < 1.29 is 32.2 Å². The maximum absolute atomic E-state index is 14.2. The standard InChI is InChI=1S/C28H25F4N3O4/c1-18-16-19(6-12-24(18)39-17-26(36)37)7-13-25-33-35(22-10-8-21(9-11-22)28(30,31)32)27(38)34(25)15-14-20-4-2-3-5-23(20)29/h2-6,8-12,16H,7,13-15,17H2,1H3,(H,36,37). The van der Waals surface area contributed by atoms with E-state index in [0.29, 0.717) is 30.0 Å². The molecule has 39 heavy (non-hydrogen) atoms. The maximum atomic E-state index is 14.2. The van der Waals surface area contributed by atoms with Gasteiger partial charge in [0.15, 0.2) is 6.61 Å². The Morgan fingerprint density at radius 2 is 1.72 bits per heavy atom. The van der Waals surface area contributed by atoms with Crippen LogP contribution in [0.2, 0.25) is 0 Å². The molecule has 1 heterocycles. The average molecular weight is 544 g/mol. The van der Waals surface area contributed by atoms with Crippen molar-refractivity contribution >= 4 is 5.97 Å². The summed E-state index contributed by atoms with van der Waals surface area (Å²) in [5, 5.41) is 13.2. The fourth-order valence-corrected chi connectivity index (χ4v) is 4.16. The number of carbonyl (C=O) groups is 1. The number of ether oxygens (including phenoxy) is 1. The molecule has 0 radical (unpaired) electrons. The van der Waals surface area contributed by atoms with Crippen LogP contribution in [0.1, 0.15) is 28.1 Å². The summed E-state index contributed by atoms with van der Waals surface area (Å²) in [5.74, 6) is -0.659. The first-order valence-corrected chi connectivity index (χ1v) is 12.1. The molecule has 0 aliphatic carbocycles. The molecule has 204 valence electrons. The van der Waals surface area contributed by atoms with Crippen molar-refractivity contribution in [2.75, 3.05) is 6.61 Å². The monoisotopic (exact) mass is 543 g/mol. The quantitative estimate of drug-likeness (QED) is 0.285. The van der Waals surface area contributed by atoms with Gasteiger partial charge in [-0.05, 0) is 72.9 Å². The van der Waals surface area contributed by atoms with E-state index in [1.54, 1.807) is 37.3 Å². The number of carboxylic acid groups (broad SMARTS) is 1. The smallest absolute Gasteiger partial charge is 0.416 e. The summed E-state index contributed by atoms with van der Waals surface area (Å²) in [7, 11) is 0. The van der Waals surface area contributed by atoms with E-state index in [4.69, 9.17) is 9.84 Å². The van der Waals surface area contributed by atoms with Crippen molar-refractivity contribution in [3.05, 3.63) is 111 Å². The van der Waals surface area contributed by atoms with Crippen LogP contribution in [0.15, 0.2) is 71.5 Å². The number of aliphatic carboxylic acids is 1. The Morgan fingerprint density at radius 3 is 2.36 bits per heavy atom. The molecule has 0 amide bonds. The molecule has 0 saturated carbocycles. The highest BCUT2D eigenvalue weighted by molar-refractivity contribution is 5.68. The fourth-order valence-electron chi connectivity index (χ4n) is 4.16. The van der Waals surface area contributed by atoms with Crippen LogP contribution < -0.4 is 10.4 Å². The third kappa shape index (κ3) is 6.73. The van der Waals surface area contributed by atoms with Gasteiger partial charge < -0.3 is 9.84 Å². The molecule has 1 aromatic heterocycles. The minimum absolute atomic E-state index is 0.122. The molecular formula is C28H25F4N3O4. The molecule has 7 nitrogen and oxygen atoms in total. The van der Waals surface area contributed by atoms with Gasteiger partial charge in [-0.3, -0.25) is 4.57 Å². The van der Waals surface area contributed by atoms with Crippen molar-refractivity contribution in [1.82, 2.24) is 14.3 Å². The van der Waals surface area contributed by atoms with Crippen molar-refractivity contribution in [3.8, 4) is 11.4 Å². The number of halogens is 4. The number of hydrogen-bond acceptors (Lipinski definition) is 4. The highest BCUT2D eigenvalue weighted by atomic mass is 19.4. The normalized spacial score (nSPS) is 11.5. The third-order valence-corrected chi connectivity index (χ3v) is 6.17. The van der Waals surface area contributed by atoms with Crippen LogP contribution in [-0.2, 0) is 36.8 Å². The van der Waals surface area contributed by atoms with Crippen molar-refractivity contribution in [1.29, 1.82) is 0 Å². The van der Waals surface area contributed by atoms with Crippen molar-refractivity contribution in [3.63, 3.8) is 0 Å². The first-order valence-electron chi connectivity index (χ1n) is 12.1. The predicted octanol–water partition coefficient (Wildman–Crippen LogP) is 4.99. The average Bonchev–Trinajstić information content (AvgIpc) is 3.20. The summed E-state index contributed by atoms with van der Waals surface area (Å²) in [5.41, 5.74) is 0.826. The van der Waals surface area contributed by atoms with Crippen LogP contribution in [0.25, 0.3) is 5.69 Å². The van der Waals surface area contributed by atoms with E-state index in [-0.39, 0.29) is 18.7 Å². The first kappa shape index (κ1) is 27.6. The van der Waals surface area contributed by atoms with E-state index in [1.165, 1.54) is 22.8 Å². The molecule has 0 bridgehead atoms. The van der Waals surface area contributed by atoms with E-state index in [0.717, 1.165) is 27.9 Å². The Bertz CT molecular complexity index is 1530. The number of aryl methyl sites for hydroxylation is 4. The molecule has 4 aromatic rings. The van der Waals surface area contributed by atoms with Crippen LogP contribution in [0.5, 0.6) is 5.75 Å². The van der Waals surface area contributed by atoms with Crippen molar-refractivity contribution in [2.45, 2.75) is 38.9 Å². The Hall–Kier alpha value is -4.41. The van der Waals surface area contributed by atoms with Gasteiger partial charge in [-0.1, -0.05) is 30.3 Å². The number of benzene rings is 3. The number of aromatic nitrogens is 3. The summed E-state index contributed by atoms with van der Waals surface area (Å²) < 4.78 is 60.9. The molecule has 0 atom stereocenters. The van der Waals surface area contributed by atoms with Gasteiger partial charge in [0, 0.05) is 13.0 Å². The zero-order valence-corrected chi connectivity index (χ0v) is 20.9. The highest BCUT2D eigenvalue weighted by Crippen LogP contribution is 2.29. The Labute approximate surface area is 220 Å². The molecule has 4 rings (SSSR count).